The molecule has 0 bridgehead atoms. The lowest BCUT2D eigenvalue weighted by Crippen LogP contribution is -2.14. The zero-order chi connectivity index (χ0) is 21.4. The van der Waals surface area contributed by atoms with Crippen LogP contribution in [0.2, 0.25) is 0 Å². The summed E-state index contributed by atoms with van der Waals surface area (Å²) in [6.07, 6.45) is 2.55. The molecule has 0 saturated heterocycles. The van der Waals surface area contributed by atoms with Crippen LogP contribution in [-0.4, -0.2) is 22.6 Å². The number of amides is 1. The molecule has 0 unspecified atom stereocenters. The standard InChI is InChI=1S/C25H25N3O2/c1-5-17-18(16-10-13-22(30-4)27-14-16)11-12-20(25(26)29)24(17)23-15(2)28(3)21-9-7-6-8-19(21)23/h6-14H,5H2,1-4H3,(H2,26,29). The van der Waals surface area contributed by atoms with Gasteiger partial charge in [-0.05, 0) is 42.7 Å². The third-order valence-electron chi connectivity index (χ3n) is 5.84. The number of rotatable bonds is 5. The summed E-state index contributed by atoms with van der Waals surface area (Å²) in [5.41, 5.74) is 13.7. The summed E-state index contributed by atoms with van der Waals surface area (Å²) in [5, 5.41) is 1.11. The Kier molecular flexibility index (Phi) is 5.04. The van der Waals surface area contributed by atoms with E-state index < -0.39 is 5.91 Å². The highest BCUT2D eigenvalue weighted by atomic mass is 16.5. The van der Waals surface area contributed by atoms with Gasteiger partial charge < -0.3 is 15.0 Å². The number of aromatic nitrogens is 2. The molecule has 1 amide bonds. The molecule has 0 fully saturated rings. The van der Waals surface area contributed by atoms with Gasteiger partial charge in [0.2, 0.25) is 11.8 Å². The second-order valence-corrected chi connectivity index (χ2v) is 7.36. The van der Waals surface area contributed by atoms with E-state index in [2.05, 4.69) is 35.5 Å². The Balaban J connectivity index is 2.08. The van der Waals surface area contributed by atoms with E-state index in [1.54, 1.807) is 13.3 Å². The van der Waals surface area contributed by atoms with Crippen molar-refractivity contribution < 1.29 is 9.53 Å². The fraction of sp³-hybridized carbons (Fsp3) is 0.200. The van der Waals surface area contributed by atoms with Gasteiger partial charge >= 0.3 is 0 Å². The van der Waals surface area contributed by atoms with E-state index in [9.17, 15) is 4.79 Å². The molecule has 0 aliphatic heterocycles. The number of carbonyl (C=O) groups excluding carboxylic acids is 1. The maximum absolute atomic E-state index is 12.4. The van der Waals surface area contributed by atoms with Crippen molar-refractivity contribution in [2.24, 2.45) is 12.8 Å². The molecule has 0 atom stereocenters. The third kappa shape index (κ3) is 3.03. The Morgan fingerprint density at radius 3 is 2.50 bits per heavy atom. The SMILES string of the molecule is CCc1c(-c2ccc(OC)nc2)ccc(C(N)=O)c1-c1c(C)n(C)c2ccccc12. The van der Waals surface area contributed by atoms with Crippen LogP contribution in [0.15, 0.2) is 54.7 Å². The van der Waals surface area contributed by atoms with Crippen molar-refractivity contribution in [3.8, 4) is 28.1 Å². The number of aryl methyl sites for hydroxylation is 1. The first-order valence-electron chi connectivity index (χ1n) is 9.98. The van der Waals surface area contributed by atoms with Crippen LogP contribution in [0.25, 0.3) is 33.2 Å². The molecule has 0 radical (unpaired) electrons. The van der Waals surface area contributed by atoms with Crippen molar-refractivity contribution in [1.82, 2.24) is 9.55 Å². The average Bonchev–Trinajstić information content (AvgIpc) is 3.02. The van der Waals surface area contributed by atoms with E-state index in [1.165, 1.54) is 0 Å². The van der Waals surface area contributed by atoms with Crippen molar-refractivity contribution in [2.75, 3.05) is 7.11 Å². The summed E-state index contributed by atoms with van der Waals surface area (Å²) >= 11 is 0. The summed E-state index contributed by atoms with van der Waals surface area (Å²) in [7, 11) is 3.65. The number of nitrogens with two attached hydrogens (primary N) is 1. The summed E-state index contributed by atoms with van der Waals surface area (Å²) in [4.78, 5) is 16.8. The highest BCUT2D eigenvalue weighted by Gasteiger charge is 2.23. The van der Waals surface area contributed by atoms with Crippen LogP contribution in [0.4, 0.5) is 0 Å². The van der Waals surface area contributed by atoms with Gasteiger partial charge in [0, 0.05) is 58.2 Å². The molecule has 5 heteroatoms. The van der Waals surface area contributed by atoms with Gasteiger partial charge in [-0.25, -0.2) is 4.98 Å². The first kappa shape index (κ1) is 19.7. The predicted octanol–water partition coefficient (Wildman–Crippen LogP) is 4.89. The number of benzene rings is 2. The second-order valence-electron chi connectivity index (χ2n) is 7.36. The molecule has 4 rings (SSSR count). The van der Waals surface area contributed by atoms with E-state index in [0.29, 0.717) is 11.4 Å². The van der Waals surface area contributed by atoms with Crippen molar-refractivity contribution in [1.29, 1.82) is 0 Å². The molecule has 2 aromatic carbocycles. The van der Waals surface area contributed by atoms with Crippen molar-refractivity contribution in [3.05, 3.63) is 71.5 Å². The molecule has 0 aliphatic rings. The normalized spacial score (nSPS) is 11.1. The number of fused-ring (bicyclic) bond motifs is 1. The number of ether oxygens (including phenoxy) is 1. The summed E-state index contributed by atoms with van der Waals surface area (Å²) in [6.45, 7) is 4.19. The number of primary amides is 1. The summed E-state index contributed by atoms with van der Waals surface area (Å²) < 4.78 is 7.36. The number of carbonyl (C=O) groups is 1. The minimum atomic E-state index is -0.425. The number of pyridine rings is 1. The Bertz CT molecular complexity index is 1250. The first-order valence-corrected chi connectivity index (χ1v) is 9.98. The van der Waals surface area contributed by atoms with E-state index in [1.807, 2.05) is 43.4 Å². The fourth-order valence-corrected chi connectivity index (χ4v) is 4.27. The molecule has 0 saturated carbocycles. The lowest BCUT2D eigenvalue weighted by Gasteiger charge is -2.18. The number of para-hydroxylation sites is 1. The zero-order valence-corrected chi connectivity index (χ0v) is 17.7. The highest BCUT2D eigenvalue weighted by molar-refractivity contribution is 6.08. The Hall–Kier alpha value is -3.60. The monoisotopic (exact) mass is 399 g/mol. The van der Waals surface area contributed by atoms with Gasteiger partial charge in [0.25, 0.3) is 0 Å². The molecule has 5 nitrogen and oxygen atoms in total. The zero-order valence-electron chi connectivity index (χ0n) is 17.7. The molecular weight excluding hydrogens is 374 g/mol. The van der Waals surface area contributed by atoms with Crippen LogP contribution in [0.1, 0.15) is 28.5 Å². The van der Waals surface area contributed by atoms with Crippen LogP contribution in [0.5, 0.6) is 5.88 Å². The number of methoxy groups -OCH3 is 1. The maximum Gasteiger partial charge on any atom is 0.249 e. The van der Waals surface area contributed by atoms with Gasteiger partial charge in [-0.2, -0.15) is 0 Å². The van der Waals surface area contributed by atoms with Crippen LogP contribution in [0.3, 0.4) is 0 Å². The van der Waals surface area contributed by atoms with Gasteiger partial charge in [0.15, 0.2) is 0 Å². The van der Waals surface area contributed by atoms with Crippen LogP contribution >= 0.6 is 0 Å². The van der Waals surface area contributed by atoms with Crippen molar-refractivity contribution >= 4 is 16.8 Å². The van der Waals surface area contributed by atoms with Crippen molar-refractivity contribution in [2.45, 2.75) is 20.3 Å². The van der Waals surface area contributed by atoms with Gasteiger partial charge in [0.1, 0.15) is 0 Å². The Morgan fingerprint density at radius 2 is 1.87 bits per heavy atom. The molecule has 2 aromatic heterocycles. The molecule has 0 spiro atoms. The Labute approximate surface area is 176 Å². The molecule has 30 heavy (non-hydrogen) atoms. The van der Waals surface area contributed by atoms with Crippen LogP contribution in [-0.2, 0) is 13.5 Å². The smallest absolute Gasteiger partial charge is 0.249 e. The van der Waals surface area contributed by atoms with E-state index >= 15 is 0 Å². The molecule has 2 heterocycles. The third-order valence-corrected chi connectivity index (χ3v) is 5.84. The second kappa shape index (κ2) is 7.67. The van der Waals surface area contributed by atoms with Crippen molar-refractivity contribution in [3.63, 3.8) is 0 Å². The topological polar surface area (TPSA) is 70.1 Å². The average molecular weight is 399 g/mol. The summed E-state index contributed by atoms with van der Waals surface area (Å²) in [5.74, 6) is 0.141. The van der Waals surface area contributed by atoms with Gasteiger partial charge in [-0.3, -0.25) is 4.79 Å². The van der Waals surface area contributed by atoms with E-state index in [-0.39, 0.29) is 0 Å². The van der Waals surface area contributed by atoms with E-state index in [4.69, 9.17) is 10.5 Å². The lowest BCUT2D eigenvalue weighted by molar-refractivity contribution is 0.100. The fourth-order valence-electron chi connectivity index (χ4n) is 4.27. The van der Waals surface area contributed by atoms with Crippen LogP contribution in [0, 0.1) is 6.92 Å². The number of hydrogen-bond acceptors (Lipinski definition) is 3. The van der Waals surface area contributed by atoms with Crippen LogP contribution < -0.4 is 10.5 Å². The molecule has 2 N–H and O–H groups in total. The number of nitrogens with zero attached hydrogens (tertiary/aromatic N) is 2. The maximum atomic E-state index is 12.4. The van der Waals surface area contributed by atoms with Gasteiger partial charge in [-0.1, -0.05) is 31.2 Å². The molecule has 152 valence electrons. The summed E-state index contributed by atoms with van der Waals surface area (Å²) in [6, 6.07) is 15.9. The quantitative estimate of drug-likeness (QED) is 0.520. The van der Waals surface area contributed by atoms with Gasteiger partial charge in [0.05, 0.1) is 7.11 Å². The van der Waals surface area contributed by atoms with Gasteiger partial charge in [-0.15, -0.1) is 0 Å². The number of hydrogen-bond donors (Lipinski definition) is 1. The minimum Gasteiger partial charge on any atom is -0.481 e. The van der Waals surface area contributed by atoms with E-state index in [0.717, 1.165) is 50.8 Å². The predicted molar refractivity (Wildman–Crippen MR) is 121 cm³/mol. The highest BCUT2D eigenvalue weighted by Crippen LogP contribution is 2.41. The Morgan fingerprint density at radius 1 is 1.10 bits per heavy atom. The largest absolute Gasteiger partial charge is 0.481 e. The molecule has 0 aliphatic carbocycles. The minimum absolute atomic E-state index is 0.425. The molecule has 4 aromatic rings. The molecular formula is C25H25N3O2. The lowest BCUT2D eigenvalue weighted by atomic mass is 9.86. The first-order chi connectivity index (χ1) is 14.5.